The molecule has 2 aromatic rings. The summed E-state index contributed by atoms with van der Waals surface area (Å²) in [6.07, 6.45) is 2.47. The van der Waals surface area contributed by atoms with Crippen LogP contribution in [0.15, 0.2) is 23.2 Å². The van der Waals surface area contributed by atoms with Crippen LogP contribution in [-0.4, -0.2) is 26.2 Å². The van der Waals surface area contributed by atoms with Gasteiger partial charge in [-0.1, -0.05) is 16.8 Å². The Bertz CT molecular complexity index is 529. The number of rotatable bonds is 4. The minimum Gasteiger partial charge on any atom is -0.478 e. The lowest BCUT2D eigenvalue weighted by Gasteiger charge is -2.04. The quantitative estimate of drug-likeness (QED) is 0.851. The fraction of sp³-hybridized carbons (Fsp3) is 0.111. The van der Waals surface area contributed by atoms with Gasteiger partial charge in [0, 0.05) is 6.20 Å². The molecule has 8 heteroatoms. The number of carbonyl (C=O) groups is 1. The Morgan fingerprint density at radius 2 is 2.35 bits per heavy atom. The Hall–Kier alpha value is -2.15. The predicted octanol–water partition coefficient (Wildman–Crippen LogP) is 1.43. The maximum Gasteiger partial charge on any atom is 0.337 e. The molecule has 88 valence electrons. The fourth-order valence-corrected chi connectivity index (χ4v) is 1.32. The van der Waals surface area contributed by atoms with Crippen molar-refractivity contribution in [1.29, 1.82) is 0 Å². The molecule has 0 aliphatic rings. The molecule has 0 aromatic carbocycles. The van der Waals surface area contributed by atoms with Crippen molar-refractivity contribution in [1.82, 2.24) is 15.1 Å². The second-order valence-corrected chi connectivity index (χ2v) is 3.46. The van der Waals surface area contributed by atoms with Crippen molar-refractivity contribution < 1.29 is 14.4 Å². The molecule has 0 unspecified atom stereocenters. The van der Waals surface area contributed by atoms with Crippen molar-refractivity contribution in [3.05, 3.63) is 35.1 Å². The van der Waals surface area contributed by atoms with Gasteiger partial charge in [0.25, 0.3) is 0 Å². The van der Waals surface area contributed by atoms with Crippen molar-refractivity contribution in [2.75, 3.05) is 5.32 Å². The first-order chi connectivity index (χ1) is 8.16. The molecular formula is C9H7ClN4O3. The lowest BCUT2D eigenvalue weighted by molar-refractivity contribution is 0.0697. The second-order valence-electron chi connectivity index (χ2n) is 3.06. The highest BCUT2D eigenvalue weighted by Gasteiger charge is 2.10. The van der Waals surface area contributed by atoms with Crippen LogP contribution in [0.5, 0.6) is 0 Å². The fourth-order valence-electron chi connectivity index (χ4n) is 1.14. The van der Waals surface area contributed by atoms with Gasteiger partial charge in [-0.2, -0.15) is 4.98 Å². The molecule has 0 spiro atoms. The zero-order chi connectivity index (χ0) is 12.3. The van der Waals surface area contributed by atoms with E-state index in [0.717, 1.165) is 0 Å². The molecule has 0 saturated carbocycles. The Labute approximate surface area is 100 Å². The van der Waals surface area contributed by atoms with E-state index in [1.54, 1.807) is 0 Å². The van der Waals surface area contributed by atoms with Gasteiger partial charge < -0.3 is 14.9 Å². The first-order valence-corrected chi connectivity index (χ1v) is 4.92. The van der Waals surface area contributed by atoms with E-state index in [-0.39, 0.29) is 17.1 Å². The van der Waals surface area contributed by atoms with E-state index in [2.05, 4.69) is 25.0 Å². The van der Waals surface area contributed by atoms with Gasteiger partial charge in [0.05, 0.1) is 17.1 Å². The molecule has 2 rings (SSSR count). The normalized spacial score (nSPS) is 10.2. The molecule has 2 heterocycles. The van der Waals surface area contributed by atoms with Crippen LogP contribution < -0.4 is 5.32 Å². The Kier molecular flexibility index (Phi) is 3.20. The molecule has 17 heavy (non-hydrogen) atoms. The van der Waals surface area contributed by atoms with Crippen LogP contribution in [-0.2, 0) is 6.54 Å². The molecule has 7 nitrogen and oxygen atoms in total. The molecule has 0 saturated heterocycles. The summed E-state index contributed by atoms with van der Waals surface area (Å²) in [7, 11) is 0. The number of hydrogen-bond acceptors (Lipinski definition) is 6. The summed E-state index contributed by atoms with van der Waals surface area (Å²) in [5, 5.41) is 15.4. The molecule has 2 N–H and O–H groups in total. The molecular weight excluding hydrogens is 248 g/mol. The van der Waals surface area contributed by atoms with E-state index in [0.29, 0.717) is 11.6 Å². The number of pyridine rings is 1. The zero-order valence-corrected chi connectivity index (χ0v) is 9.18. The van der Waals surface area contributed by atoms with Gasteiger partial charge in [-0.3, -0.25) is 0 Å². The summed E-state index contributed by atoms with van der Waals surface area (Å²) >= 11 is 5.68. The molecule has 0 atom stereocenters. The summed E-state index contributed by atoms with van der Waals surface area (Å²) in [4.78, 5) is 18.6. The lowest BCUT2D eigenvalue weighted by atomic mass is 10.2. The standard InChI is InChI=1S/C9H7ClN4O3/c10-6-2-11-7(1-5(6)9(15)16)12-3-8-13-4-17-14-8/h1-2,4H,3H2,(H,11,12)(H,15,16). The molecule has 0 aliphatic heterocycles. The van der Waals surface area contributed by atoms with Crippen LogP contribution in [0.1, 0.15) is 16.2 Å². The smallest absolute Gasteiger partial charge is 0.337 e. The Morgan fingerprint density at radius 3 is 3.00 bits per heavy atom. The molecule has 0 aliphatic carbocycles. The third kappa shape index (κ3) is 2.70. The van der Waals surface area contributed by atoms with Crippen molar-refractivity contribution in [2.24, 2.45) is 0 Å². The lowest BCUT2D eigenvalue weighted by Crippen LogP contribution is -2.05. The van der Waals surface area contributed by atoms with Crippen molar-refractivity contribution in [3.63, 3.8) is 0 Å². The largest absolute Gasteiger partial charge is 0.478 e. The average molecular weight is 255 g/mol. The van der Waals surface area contributed by atoms with Gasteiger partial charge in [0.1, 0.15) is 5.82 Å². The van der Waals surface area contributed by atoms with Gasteiger partial charge >= 0.3 is 5.97 Å². The number of aromatic carboxylic acids is 1. The van der Waals surface area contributed by atoms with Crippen LogP contribution in [0.2, 0.25) is 5.02 Å². The van der Waals surface area contributed by atoms with Crippen molar-refractivity contribution >= 4 is 23.4 Å². The maximum atomic E-state index is 10.8. The first kappa shape index (κ1) is 11.3. The number of carboxylic acids is 1. The van der Waals surface area contributed by atoms with E-state index in [4.69, 9.17) is 16.7 Å². The summed E-state index contributed by atoms with van der Waals surface area (Å²) in [5.41, 5.74) is -0.0164. The van der Waals surface area contributed by atoms with Gasteiger partial charge in [-0.25, -0.2) is 9.78 Å². The SMILES string of the molecule is O=C(O)c1cc(NCc2ncon2)ncc1Cl. The second kappa shape index (κ2) is 4.79. The third-order valence-corrected chi connectivity index (χ3v) is 2.22. The van der Waals surface area contributed by atoms with E-state index >= 15 is 0 Å². The summed E-state index contributed by atoms with van der Waals surface area (Å²) in [6, 6.07) is 1.34. The molecule has 2 aromatic heterocycles. The Balaban J connectivity index is 2.11. The predicted molar refractivity (Wildman–Crippen MR) is 57.8 cm³/mol. The van der Waals surface area contributed by atoms with E-state index in [9.17, 15) is 4.79 Å². The minimum absolute atomic E-state index is 0.0164. The number of hydrogen-bond donors (Lipinski definition) is 2. The zero-order valence-electron chi connectivity index (χ0n) is 8.42. The van der Waals surface area contributed by atoms with Crippen LogP contribution >= 0.6 is 11.6 Å². The first-order valence-electron chi connectivity index (χ1n) is 4.55. The van der Waals surface area contributed by atoms with Gasteiger partial charge in [0.2, 0.25) is 6.39 Å². The summed E-state index contributed by atoms with van der Waals surface area (Å²) < 4.78 is 4.55. The topological polar surface area (TPSA) is 101 Å². The summed E-state index contributed by atoms with van der Waals surface area (Å²) in [5.74, 6) is -0.296. The van der Waals surface area contributed by atoms with E-state index in [1.807, 2.05) is 0 Å². The molecule has 0 bridgehead atoms. The van der Waals surface area contributed by atoms with Crippen LogP contribution in [0, 0.1) is 0 Å². The monoisotopic (exact) mass is 254 g/mol. The number of carboxylic acid groups (broad SMARTS) is 1. The van der Waals surface area contributed by atoms with Crippen LogP contribution in [0.4, 0.5) is 5.82 Å². The average Bonchev–Trinajstić information content (AvgIpc) is 2.80. The number of nitrogens with one attached hydrogen (secondary N) is 1. The Morgan fingerprint density at radius 1 is 1.53 bits per heavy atom. The van der Waals surface area contributed by atoms with Crippen molar-refractivity contribution in [3.8, 4) is 0 Å². The van der Waals surface area contributed by atoms with Gasteiger partial charge in [-0.15, -0.1) is 0 Å². The highest BCUT2D eigenvalue weighted by Crippen LogP contribution is 2.18. The molecule has 0 fully saturated rings. The number of anilines is 1. The van der Waals surface area contributed by atoms with E-state index < -0.39 is 5.97 Å². The van der Waals surface area contributed by atoms with Crippen molar-refractivity contribution in [2.45, 2.75) is 6.54 Å². The highest BCUT2D eigenvalue weighted by atomic mass is 35.5. The van der Waals surface area contributed by atoms with Crippen LogP contribution in [0.3, 0.4) is 0 Å². The summed E-state index contributed by atoms with van der Waals surface area (Å²) in [6.45, 7) is 0.282. The van der Waals surface area contributed by atoms with Gasteiger partial charge in [-0.05, 0) is 6.07 Å². The third-order valence-electron chi connectivity index (χ3n) is 1.92. The van der Waals surface area contributed by atoms with Gasteiger partial charge in [0.15, 0.2) is 5.82 Å². The van der Waals surface area contributed by atoms with Crippen LogP contribution in [0.25, 0.3) is 0 Å². The number of aromatic nitrogens is 3. The minimum atomic E-state index is -1.11. The number of halogens is 1. The number of nitrogens with zero attached hydrogens (tertiary/aromatic N) is 3. The highest BCUT2D eigenvalue weighted by molar-refractivity contribution is 6.33. The maximum absolute atomic E-state index is 10.8. The van der Waals surface area contributed by atoms with E-state index in [1.165, 1.54) is 18.7 Å². The molecule has 0 amide bonds. The molecule has 0 radical (unpaired) electrons.